The lowest BCUT2D eigenvalue weighted by Gasteiger charge is -2.16. The first-order chi connectivity index (χ1) is 11.1. The van der Waals surface area contributed by atoms with Crippen molar-refractivity contribution in [1.29, 1.82) is 0 Å². The summed E-state index contributed by atoms with van der Waals surface area (Å²) in [5.74, 6) is 0.894. The Morgan fingerprint density at radius 2 is 1.96 bits per heavy atom. The van der Waals surface area contributed by atoms with Gasteiger partial charge in [0, 0.05) is 26.1 Å². The summed E-state index contributed by atoms with van der Waals surface area (Å²) in [4.78, 5) is 25.8. The second-order valence-electron chi connectivity index (χ2n) is 5.80. The van der Waals surface area contributed by atoms with Crippen molar-refractivity contribution in [3.8, 4) is 0 Å². The average Bonchev–Trinajstić information content (AvgIpc) is 3.00. The van der Waals surface area contributed by atoms with Crippen molar-refractivity contribution in [2.45, 2.75) is 38.4 Å². The standard InChI is InChI=1S/C17H25N3O2S/c1-23-10-8-15(18)17(22)19-9-4-7-16(21)20-11-13-5-2-3-6-14(13)12-20/h2-3,5-6,15H,4,7-12,18H2,1H3,(H,19,22)/t15-/m0/s1. The molecule has 1 aromatic carbocycles. The number of carbonyl (C=O) groups is 2. The Labute approximate surface area is 142 Å². The molecule has 0 saturated heterocycles. The third-order valence-corrected chi connectivity index (χ3v) is 4.67. The maximum Gasteiger partial charge on any atom is 0.236 e. The van der Waals surface area contributed by atoms with Crippen LogP contribution in [0.25, 0.3) is 0 Å². The third kappa shape index (κ3) is 5.25. The molecular formula is C17H25N3O2S. The fraction of sp³-hybridized carbons (Fsp3) is 0.529. The largest absolute Gasteiger partial charge is 0.355 e. The Morgan fingerprint density at radius 1 is 1.30 bits per heavy atom. The molecule has 1 heterocycles. The van der Waals surface area contributed by atoms with Gasteiger partial charge >= 0.3 is 0 Å². The Hall–Kier alpha value is -1.53. The fourth-order valence-corrected chi connectivity index (χ4v) is 3.12. The van der Waals surface area contributed by atoms with Gasteiger partial charge in [-0.25, -0.2) is 0 Å². The van der Waals surface area contributed by atoms with Crippen molar-refractivity contribution in [3.05, 3.63) is 35.4 Å². The highest BCUT2D eigenvalue weighted by Gasteiger charge is 2.22. The summed E-state index contributed by atoms with van der Waals surface area (Å²) >= 11 is 1.68. The van der Waals surface area contributed by atoms with Gasteiger partial charge in [0.25, 0.3) is 0 Å². The average molecular weight is 335 g/mol. The number of nitrogens with zero attached hydrogens (tertiary/aromatic N) is 1. The molecular weight excluding hydrogens is 310 g/mol. The topological polar surface area (TPSA) is 75.4 Å². The van der Waals surface area contributed by atoms with Crippen molar-refractivity contribution >= 4 is 23.6 Å². The molecule has 126 valence electrons. The van der Waals surface area contributed by atoms with Gasteiger partial charge < -0.3 is 16.0 Å². The number of rotatable bonds is 8. The number of nitrogens with one attached hydrogen (secondary N) is 1. The van der Waals surface area contributed by atoms with Gasteiger partial charge in [-0.3, -0.25) is 9.59 Å². The zero-order valence-electron chi connectivity index (χ0n) is 13.6. The summed E-state index contributed by atoms with van der Waals surface area (Å²) in [5.41, 5.74) is 8.25. The van der Waals surface area contributed by atoms with E-state index in [1.54, 1.807) is 11.8 Å². The molecule has 1 aromatic rings. The van der Waals surface area contributed by atoms with Crippen LogP contribution in [0.3, 0.4) is 0 Å². The minimum absolute atomic E-state index is 0.125. The van der Waals surface area contributed by atoms with Crippen molar-refractivity contribution < 1.29 is 9.59 Å². The highest BCUT2D eigenvalue weighted by molar-refractivity contribution is 7.98. The van der Waals surface area contributed by atoms with Crippen LogP contribution in [0.15, 0.2) is 24.3 Å². The number of thioether (sulfide) groups is 1. The molecule has 3 N–H and O–H groups in total. The molecule has 2 rings (SSSR count). The molecule has 1 aliphatic rings. The predicted molar refractivity (Wildman–Crippen MR) is 93.9 cm³/mol. The number of amides is 2. The molecule has 2 amide bonds. The van der Waals surface area contributed by atoms with E-state index in [0.29, 0.717) is 38.9 Å². The number of carbonyl (C=O) groups excluding carboxylic acids is 2. The zero-order chi connectivity index (χ0) is 16.7. The van der Waals surface area contributed by atoms with Gasteiger partial charge in [-0.1, -0.05) is 24.3 Å². The molecule has 0 spiro atoms. The lowest BCUT2D eigenvalue weighted by atomic mass is 10.1. The molecule has 5 nitrogen and oxygen atoms in total. The minimum Gasteiger partial charge on any atom is -0.355 e. The van der Waals surface area contributed by atoms with Crippen LogP contribution in [0.2, 0.25) is 0 Å². The van der Waals surface area contributed by atoms with Gasteiger partial charge in [0.15, 0.2) is 0 Å². The van der Waals surface area contributed by atoms with E-state index in [4.69, 9.17) is 5.73 Å². The number of hydrogen-bond donors (Lipinski definition) is 2. The van der Waals surface area contributed by atoms with Crippen LogP contribution >= 0.6 is 11.8 Å². The second kappa shape index (κ2) is 8.93. The van der Waals surface area contributed by atoms with E-state index in [2.05, 4.69) is 17.4 Å². The summed E-state index contributed by atoms with van der Waals surface area (Å²) in [5, 5.41) is 2.81. The highest BCUT2D eigenvalue weighted by Crippen LogP contribution is 2.22. The molecule has 0 fully saturated rings. The molecule has 0 aliphatic carbocycles. The lowest BCUT2D eigenvalue weighted by Crippen LogP contribution is -2.41. The van der Waals surface area contributed by atoms with Crippen molar-refractivity contribution in [3.63, 3.8) is 0 Å². The van der Waals surface area contributed by atoms with Gasteiger partial charge in [-0.05, 0) is 36.0 Å². The van der Waals surface area contributed by atoms with E-state index in [-0.39, 0.29) is 11.8 Å². The fourth-order valence-electron chi connectivity index (χ4n) is 2.63. The van der Waals surface area contributed by atoms with Gasteiger partial charge in [0.2, 0.25) is 11.8 Å². The van der Waals surface area contributed by atoms with Crippen LogP contribution in [-0.4, -0.2) is 41.3 Å². The summed E-state index contributed by atoms with van der Waals surface area (Å²) in [6, 6.07) is 7.69. The summed E-state index contributed by atoms with van der Waals surface area (Å²) in [7, 11) is 0. The molecule has 0 unspecified atom stereocenters. The van der Waals surface area contributed by atoms with E-state index in [9.17, 15) is 9.59 Å². The van der Waals surface area contributed by atoms with Crippen molar-refractivity contribution in [2.24, 2.45) is 5.73 Å². The Kier molecular flexibility index (Phi) is 6.92. The maximum atomic E-state index is 12.2. The van der Waals surface area contributed by atoms with Gasteiger partial charge in [-0.2, -0.15) is 11.8 Å². The molecule has 1 aliphatic heterocycles. The monoisotopic (exact) mass is 335 g/mol. The number of benzene rings is 1. The highest BCUT2D eigenvalue weighted by atomic mass is 32.2. The minimum atomic E-state index is -0.453. The quantitative estimate of drug-likeness (QED) is 0.706. The first-order valence-corrected chi connectivity index (χ1v) is 9.38. The van der Waals surface area contributed by atoms with E-state index in [0.717, 1.165) is 5.75 Å². The normalized spacial score (nSPS) is 14.4. The summed E-state index contributed by atoms with van der Waals surface area (Å²) < 4.78 is 0. The first kappa shape index (κ1) is 17.8. The molecule has 1 atom stereocenters. The van der Waals surface area contributed by atoms with Gasteiger partial charge in [0.05, 0.1) is 6.04 Å². The van der Waals surface area contributed by atoms with E-state index in [1.165, 1.54) is 11.1 Å². The molecule has 0 bridgehead atoms. The SMILES string of the molecule is CSCC[C@H](N)C(=O)NCCCC(=O)N1Cc2ccccc2C1. The summed E-state index contributed by atoms with van der Waals surface area (Å²) in [6.07, 6.45) is 3.77. The van der Waals surface area contributed by atoms with Crippen LogP contribution in [0.1, 0.15) is 30.4 Å². The van der Waals surface area contributed by atoms with Crippen LogP contribution in [0, 0.1) is 0 Å². The number of fused-ring (bicyclic) bond motifs is 1. The van der Waals surface area contributed by atoms with Crippen molar-refractivity contribution in [1.82, 2.24) is 10.2 Å². The predicted octanol–water partition coefficient (Wildman–Crippen LogP) is 1.51. The van der Waals surface area contributed by atoms with Crippen LogP contribution < -0.4 is 11.1 Å². The Balaban J connectivity index is 1.64. The Morgan fingerprint density at radius 3 is 2.57 bits per heavy atom. The van der Waals surface area contributed by atoms with Crippen LogP contribution in [0.4, 0.5) is 0 Å². The number of hydrogen-bond acceptors (Lipinski definition) is 4. The zero-order valence-corrected chi connectivity index (χ0v) is 14.4. The van der Waals surface area contributed by atoms with Gasteiger partial charge in [-0.15, -0.1) is 0 Å². The van der Waals surface area contributed by atoms with E-state index < -0.39 is 6.04 Å². The van der Waals surface area contributed by atoms with Crippen molar-refractivity contribution in [2.75, 3.05) is 18.6 Å². The van der Waals surface area contributed by atoms with E-state index in [1.807, 2.05) is 23.3 Å². The first-order valence-electron chi connectivity index (χ1n) is 7.98. The summed E-state index contributed by atoms with van der Waals surface area (Å²) in [6.45, 7) is 1.89. The smallest absolute Gasteiger partial charge is 0.236 e. The van der Waals surface area contributed by atoms with Crippen LogP contribution in [-0.2, 0) is 22.7 Å². The maximum absolute atomic E-state index is 12.2. The van der Waals surface area contributed by atoms with E-state index >= 15 is 0 Å². The van der Waals surface area contributed by atoms with Gasteiger partial charge in [0.1, 0.15) is 0 Å². The second-order valence-corrected chi connectivity index (χ2v) is 6.79. The molecule has 0 aromatic heterocycles. The third-order valence-electron chi connectivity index (χ3n) is 4.03. The molecule has 0 radical (unpaired) electrons. The molecule has 6 heteroatoms. The lowest BCUT2D eigenvalue weighted by molar-refractivity contribution is -0.132. The van der Waals surface area contributed by atoms with Crippen LogP contribution in [0.5, 0.6) is 0 Å². The molecule has 23 heavy (non-hydrogen) atoms. The number of nitrogens with two attached hydrogens (primary N) is 1. The Bertz CT molecular complexity index is 525. The molecule has 0 saturated carbocycles.